The van der Waals surface area contributed by atoms with Crippen molar-refractivity contribution in [1.82, 2.24) is 25.8 Å². The normalized spacial score (nSPS) is 12.6. The van der Waals surface area contributed by atoms with E-state index in [0.717, 1.165) is 27.8 Å². The SMILES string of the molecule is C=C(N)c1cccc(CC(C(=O)OC)C(C)NC(=O)c2c(-c3ccccc3)n[nH]c2C)c1.C=C(N)c1cccc(CC(C(=O)OC)C(C)NC(=O)c2csc(-c3cccc(Cl)c3Cl)n2)c1. The summed E-state index contributed by atoms with van der Waals surface area (Å²) in [4.78, 5) is 55.5. The number of nitrogens with one attached hydrogen (secondary N) is 3. The fourth-order valence-corrected chi connectivity index (χ4v) is 8.26. The van der Waals surface area contributed by atoms with E-state index in [9.17, 15) is 19.2 Å². The number of hydrogen-bond acceptors (Lipinski definition) is 11. The number of hydrogen-bond donors (Lipinski definition) is 5. The van der Waals surface area contributed by atoms with Gasteiger partial charge in [0.1, 0.15) is 16.4 Å². The molecule has 4 unspecified atom stereocenters. The van der Waals surface area contributed by atoms with Crippen LogP contribution in [-0.2, 0) is 31.9 Å². The van der Waals surface area contributed by atoms with Crippen LogP contribution in [-0.4, -0.2) is 65.2 Å². The van der Waals surface area contributed by atoms with Crippen molar-refractivity contribution in [2.75, 3.05) is 14.2 Å². The van der Waals surface area contributed by atoms with Gasteiger partial charge in [-0.05, 0) is 74.1 Å². The molecular formula is C49H51Cl2N7O6S. The highest BCUT2D eigenvalue weighted by molar-refractivity contribution is 7.13. The van der Waals surface area contributed by atoms with Crippen LogP contribution in [0.4, 0.5) is 0 Å². The lowest BCUT2D eigenvalue weighted by molar-refractivity contribution is -0.147. The Morgan fingerprint density at radius 2 is 1.28 bits per heavy atom. The first-order valence-corrected chi connectivity index (χ1v) is 22.0. The van der Waals surface area contributed by atoms with Gasteiger partial charge in [0.25, 0.3) is 11.8 Å². The first-order valence-electron chi connectivity index (χ1n) is 20.4. The van der Waals surface area contributed by atoms with Crippen LogP contribution >= 0.6 is 34.5 Å². The summed E-state index contributed by atoms with van der Waals surface area (Å²) in [6.07, 6.45) is 0.737. The number of ether oxygens (including phenoxy) is 2. The van der Waals surface area contributed by atoms with Crippen molar-refractivity contribution in [2.45, 2.75) is 45.7 Å². The number of aromatic nitrogens is 3. The highest BCUT2D eigenvalue weighted by atomic mass is 35.5. The maximum absolute atomic E-state index is 13.2. The summed E-state index contributed by atoms with van der Waals surface area (Å²) in [6, 6.07) is 28.7. The van der Waals surface area contributed by atoms with Crippen molar-refractivity contribution in [2.24, 2.45) is 23.3 Å². The molecule has 13 nitrogen and oxygen atoms in total. The van der Waals surface area contributed by atoms with Gasteiger partial charge in [-0.2, -0.15) is 5.10 Å². The lowest BCUT2D eigenvalue weighted by Gasteiger charge is -2.23. The standard InChI is InChI=1S/C25H28N4O3.C24H23Cl2N3O3S/c1-15(26)20-12-8-9-18(13-20)14-21(25(31)32-4)16(2)27-24(30)22-17(3)28-29-23(22)19-10-6-5-7-11-19;1-13(27)16-7-4-6-15(10-16)11-18(24(31)32-3)14(2)28-22(30)20-12-33-23(29-20)17-8-5-9-19(25)21(17)26/h5-13,16,21H,1,14,26H2,2-4H3,(H,27,30)(H,28,29);4-10,12,14,18H,1,11,27H2,2-3H3,(H,28,30). The van der Waals surface area contributed by atoms with Gasteiger partial charge in [-0.25, -0.2) is 4.98 Å². The second-order valence-corrected chi connectivity index (χ2v) is 16.9. The van der Waals surface area contributed by atoms with E-state index in [2.05, 4.69) is 39.0 Å². The number of aryl methyl sites for hydroxylation is 1. The number of aromatic amines is 1. The highest BCUT2D eigenvalue weighted by Crippen LogP contribution is 2.35. The van der Waals surface area contributed by atoms with Crippen LogP contribution in [0.15, 0.2) is 116 Å². The van der Waals surface area contributed by atoms with Crippen molar-refractivity contribution in [3.63, 3.8) is 0 Å². The number of amides is 2. The molecule has 6 rings (SSSR count). The van der Waals surface area contributed by atoms with E-state index in [1.165, 1.54) is 25.6 Å². The fraction of sp³-hybridized carbons (Fsp3) is 0.224. The van der Waals surface area contributed by atoms with Gasteiger partial charge < -0.3 is 31.6 Å². The third-order valence-corrected chi connectivity index (χ3v) is 12.3. The molecule has 16 heteroatoms. The monoisotopic (exact) mass is 935 g/mol. The van der Waals surface area contributed by atoms with Gasteiger partial charge in [0, 0.05) is 45.7 Å². The summed E-state index contributed by atoms with van der Waals surface area (Å²) in [7, 11) is 2.67. The van der Waals surface area contributed by atoms with Gasteiger partial charge in [0.15, 0.2) is 0 Å². The Kier molecular flexibility index (Phi) is 17.2. The zero-order valence-corrected chi connectivity index (χ0v) is 38.9. The van der Waals surface area contributed by atoms with Crippen LogP contribution in [0.1, 0.15) is 62.6 Å². The Hall–Kier alpha value is -6.74. The number of thiazole rings is 1. The summed E-state index contributed by atoms with van der Waals surface area (Å²) < 4.78 is 10.0. The minimum absolute atomic E-state index is 0.225. The van der Waals surface area contributed by atoms with Crippen LogP contribution in [0.3, 0.4) is 0 Å². The maximum atomic E-state index is 13.2. The molecule has 0 radical (unpaired) electrons. The first kappa shape index (κ1) is 49.3. The zero-order valence-electron chi connectivity index (χ0n) is 36.6. The van der Waals surface area contributed by atoms with E-state index >= 15 is 0 Å². The Labute approximate surface area is 392 Å². The number of H-pyrrole nitrogens is 1. The molecule has 2 heterocycles. The molecule has 0 aliphatic carbocycles. The molecule has 2 aromatic heterocycles. The third-order valence-electron chi connectivity index (χ3n) is 10.6. The smallest absolute Gasteiger partial charge is 0.311 e. The predicted molar refractivity (Wildman–Crippen MR) is 258 cm³/mol. The predicted octanol–water partition coefficient (Wildman–Crippen LogP) is 8.66. The quantitative estimate of drug-likeness (QED) is 0.0584. The van der Waals surface area contributed by atoms with E-state index in [1.807, 2.05) is 78.9 Å². The lowest BCUT2D eigenvalue weighted by Crippen LogP contribution is -2.43. The van der Waals surface area contributed by atoms with Crippen molar-refractivity contribution in [3.05, 3.63) is 165 Å². The Morgan fingerprint density at radius 1 is 0.754 bits per heavy atom. The number of nitrogens with two attached hydrogens (primary N) is 2. The van der Waals surface area contributed by atoms with Crippen molar-refractivity contribution >= 4 is 69.7 Å². The van der Waals surface area contributed by atoms with Crippen LogP contribution in [0, 0.1) is 18.8 Å². The molecule has 0 fully saturated rings. The van der Waals surface area contributed by atoms with E-state index in [0.29, 0.717) is 61.8 Å². The number of carbonyl (C=O) groups excluding carboxylic acids is 4. The van der Waals surface area contributed by atoms with Gasteiger partial charge in [-0.15, -0.1) is 11.3 Å². The average Bonchev–Trinajstić information content (AvgIpc) is 3.96. The number of esters is 2. The second-order valence-electron chi connectivity index (χ2n) is 15.2. The summed E-state index contributed by atoms with van der Waals surface area (Å²) in [5.41, 5.74) is 19.2. The molecule has 0 bridgehead atoms. The second kappa shape index (κ2) is 22.7. The summed E-state index contributed by atoms with van der Waals surface area (Å²) in [6.45, 7) is 12.9. The molecule has 4 atom stereocenters. The van der Waals surface area contributed by atoms with Crippen molar-refractivity contribution < 1.29 is 28.7 Å². The largest absolute Gasteiger partial charge is 0.469 e. The number of nitrogens with zero attached hydrogens (tertiary/aromatic N) is 2. The van der Waals surface area contributed by atoms with E-state index in [1.54, 1.807) is 44.4 Å². The van der Waals surface area contributed by atoms with Gasteiger partial charge in [-0.1, -0.05) is 115 Å². The molecule has 65 heavy (non-hydrogen) atoms. The molecule has 0 saturated carbocycles. The van der Waals surface area contributed by atoms with Crippen LogP contribution in [0.25, 0.3) is 33.2 Å². The molecule has 0 spiro atoms. The maximum Gasteiger partial charge on any atom is 0.311 e. The Bertz CT molecular complexity index is 2680. The Morgan fingerprint density at radius 3 is 1.80 bits per heavy atom. The minimum Gasteiger partial charge on any atom is -0.469 e. The topological polar surface area (TPSA) is 204 Å². The molecule has 2 amide bonds. The number of halogens is 2. The number of methoxy groups -OCH3 is 2. The number of benzene rings is 4. The molecule has 338 valence electrons. The first-order chi connectivity index (χ1) is 31.0. The molecule has 6 aromatic rings. The lowest BCUT2D eigenvalue weighted by atomic mass is 9.91. The highest BCUT2D eigenvalue weighted by Gasteiger charge is 2.31. The summed E-state index contributed by atoms with van der Waals surface area (Å²) in [5, 5.41) is 16.0. The van der Waals surface area contributed by atoms with Gasteiger partial charge in [0.2, 0.25) is 0 Å². The van der Waals surface area contributed by atoms with Crippen molar-refractivity contribution in [1.29, 1.82) is 0 Å². The van der Waals surface area contributed by atoms with Crippen molar-refractivity contribution in [3.8, 4) is 21.8 Å². The van der Waals surface area contributed by atoms with Crippen LogP contribution in [0.2, 0.25) is 10.0 Å². The van der Waals surface area contributed by atoms with Crippen LogP contribution in [0.5, 0.6) is 0 Å². The molecule has 0 aliphatic heterocycles. The number of carbonyl (C=O) groups is 4. The number of rotatable bonds is 16. The van der Waals surface area contributed by atoms with E-state index in [-0.39, 0.29) is 11.6 Å². The fourth-order valence-electron chi connectivity index (χ4n) is 6.98. The summed E-state index contributed by atoms with van der Waals surface area (Å²) >= 11 is 13.6. The van der Waals surface area contributed by atoms with Gasteiger partial charge in [-0.3, -0.25) is 24.3 Å². The average molecular weight is 937 g/mol. The molecule has 4 aromatic carbocycles. The molecular weight excluding hydrogens is 886 g/mol. The zero-order chi connectivity index (χ0) is 47.4. The summed E-state index contributed by atoms with van der Waals surface area (Å²) in [5.74, 6) is -2.73. The molecule has 0 saturated heterocycles. The molecule has 7 N–H and O–H groups in total. The third kappa shape index (κ3) is 12.7. The van der Waals surface area contributed by atoms with E-state index in [4.69, 9.17) is 44.1 Å². The van der Waals surface area contributed by atoms with E-state index < -0.39 is 41.8 Å². The minimum atomic E-state index is -0.610. The Balaban J connectivity index is 0.000000244. The molecule has 0 aliphatic rings. The van der Waals surface area contributed by atoms with Gasteiger partial charge in [0.05, 0.1) is 41.7 Å². The van der Waals surface area contributed by atoms with Gasteiger partial charge >= 0.3 is 11.9 Å². The van der Waals surface area contributed by atoms with Crippen LogP contribution < -0.4 is 22.1 Å².